The summed E-state index contributed by atoms with van der Waals surface area (Å²) < 4.78 is 6.61. The van der Waals surface area contributed by atoms with E-state index in [1.807, 2.05) is 25.1 Å². The minimum atomic E-state index is 0. The molecule has 4 heteroatoms. The van der Waals surface area contributed by atoms with Crippen molar-refractivity contribution in [1.29, 1.82) is 0 Å². The second kappa shape index (κ2) is 7.93. The molecular weight excluding hydrogens is 289 g/mol. The van der Waals surface area contributed by atoms with Gasteiger partial charge in [0.2, 0.25) is 0 Å². The Labute approximate surface area is 112 Å². The molecule has 0 aliphatic carbocycles. The Morgan fingerprint density at radius 1 is 1.38 bits per heavy atom. The van der Waals surface area contributed by atoms with Crippen molar-refractivity contribution in [2.75, 3.05) is 6.61 Å². The first-order chi connectivity index (χ1) is 7.19. The first-order valence-electron chi connectivity index (χ1n) is 5.36. The van der Waals surface area contributed by atoms with Gasteiger partial charge in [-0.15, -0.1) is 12.4 Å². The first-order valence-corrected chi connectivity index (χ1v) is 6.16. The first kappa shape index (κ1) is 15.8. The van der Waals surface area contributed by atoms with Crippen molar-refractivity contribution in [2.45, 2.75) is 32.7 Å². The van der Waals surface area contributed by atoms with Crippen LogP contribution in [0.15, 0.2) is 22.7 Å². The molecule has 1 aromatic rings. The second-order valence-corrected chi connectivity index (χ2v) is 4.43. The van der Waals surface area contributed by atoms with E-state index in [1.165, 1.54) is 0 Å². The van der Waals surface area contributed by atoms with Crippen molar-refractivity contribution in [3.05, 3.63) is 28.2 Å². The zero-order chi connectivity index (χ0) is 11.3. The smallest absolute Gasteiger partial charge is 0.124 e. The van der Waals surface area contributed by atoms with Gasteiger partial charge in [-0.3, -0.25) is 0 Å². The van der Waals surface area contributed by atoms with Crippen molar-refractivity contribution >= 4 is 28.3 Å². The Balaban J connectivity index is 0.00000225. The van der Waals surface area contributed by atoms with Gasteiger partial charge in [-0.1, -0.05) is 29.3 Å². The van der Waals surface area contributed by atoms with E-state index in [-0.39, 0.29) is 18.4 Å². The summed E-state index contributed by atoms with van der Waals surface area (Å²) in [6, 6.07) is 6.06. The predicted molar refractivity (Wildman–Crippen MR) is 74.4 cm³/mol. The van der Waals surface area contributed by atoms with Gasteiger partial charge in [0.25, 0.3) is 0 Å². The van der Waals surface area contributed by atoms with Crippen molar-refractivity contribution < 1.29 is 4.74 Å². The molecule has 2 N–H and O–H groups in total. The van der Waals surface area contributed by atoms with E-state index in [9.17, 15) is 0 Å². The lowest BCUT2D eigenvalue weighted by atomic mass is 10.0. The molecule has 92 valence electrons. The molecule has 0 heterocycles. The van der Waals surface area contributed by atoms with Crippen molar-refractivity contribution in [3.63, 3.8) is 0 Å². The third kappa shape index (κ3) is 4.32. The Hall–Kier alpha value is -0.250. The van der Waals surface area contributed by atoms with Gasteiger partial charge in [0, 0.05) is 16.1 Å². The average molecular weight is 309 g/mol. The van der Waals surface area contributed by atoms with Gasteiger partial charge >= 0.3 is 0 Å². The van der Waals surface area contributed by atoms with Crippen LogP contribution in [0.2, 0.25) is 0 Å². The van der Waals surface area contributed by atoms with Crippen LogP contribution in [0.5, 0.6) is 5.75 Å². The molecule has 0 spiro atoms. The molecule has 0 radical (unpaired) electrons. The molecule has 0 saturated heterocycles. The van der Waals surface area contributed by atoms with Gasteiger partial charge in [-0.2, -0.15) is 0 Å². The molecule has 16 heavy (non-hydrogen) atoms. The summed E-state index contributed by atoms with van der Waals surface area (Å²) in [7, 11) is 0. The fourth-order valence-electron chi connectivity index (χ4n) is 1.56. The Morgan fingerprint density at radius 3 is 2.62 bits per heavy atom. The number of halogens is 2. The lowest BCUT2D eigenvalue weighted by molar-refractivity contribution is 0.333. The van der Waals surface area contributed by atoms with E-state index in [0.29, 0.717) is 6.61 Å². The van der Waals surface area contributed by atoms with Gasteiger partial charge < -0.3 is 10.5 Å². The number of ether oxygens (including phenoxy) is 1. The van der Waals surface area contributed by atoms with Gasteiger partial charge in [-0.25, -0.2) is 0 Å². The molecule has 0 bridgehead atoms. The van der Waals surface area contributed by atoms with Crippen LogP contribution in [0.1, 0.15) is 38.3 Å². The van der Waals surface area contributed by atoms with Crippen LogP contribution in [0.25, 0.3) is 0 Å². The van der Waals surface area contributed by atoms with Gasteiger partial charge in [0.1, 0.15) is 5.75 Å². The maximum absolute atomic E-state index is 6.10. The topological polar surface area (TPSA) is 35.2 Å². The molecular formula is C12H19BrClNO. The summed E-state index contributed by atoms with van der Waals surface area (Å²) in [5.41, 5.74) is 7.20. The standard InChI is InChI=1S/C12H18BrNO.ClH/c1-3-5-11(14)10-8-9(13)6-7-12(10)15-4-2;/h6-8,11H,3-5,14H2,1-2H3;1H/t11-;/m1./s1. The highest BCUT2D eigenvalue weighted by Gasteiger charge is 2.11. The van der Waals surface area contributed by atoms with E-state index >= 15 is 0 Å². The molecule has 0 saturated carbocycles. The zero-order valence-corrected chi connectivity index (χ0v) is 12.1. The summed E-state index contributed by atoms with van der Waals surface area (Å²) in [4.78, 5) is 0. The molecule has 0 fully saturated rings. The highest BCUT2D eigenvalue weighted by molar-refractivity contribution is 9.10. The lowest BCUT2D eigenvalue weighted by Crippen LogP contribution is -2.11. The van der Waals surface area contributed by atoms with Crippen molar-refractivity contribution in [3.8, 4) is 5.75 Å². The molecule has 0 aliphatic heterocycles. The molecule has 0 amide bonds. The summed E-state index contributed by atoms with van der Waals surface area (Å²) in [6.45, 7) is 4.79. The SMILES string of the molecule is CCC[C@@H](N)c1cc(Br)ccc1OCC.Cl. The minimum Gasteiger partial charge on any atom is -0.494 e. The maximum atomic E-state index is 6.10. The summed E-state index contributed by atoms with van der Waals surface area (Å²) in [5, 5.41) is 0. The summed E-state index contributed by atoms with van der Waals surface area (Å²) >= 11 is 3.46. The predicted octanol–water partition coefficient (Wildman–Crippen LogP) is 4.07. The third-order valence-electron chi connectivity index (χ3n) is 2.27. The molecule has 1 rings (SSSR count). The largest absolute Gasteiger partial charge is 0.494 e. The van der Waals surface area contributed by atoms with Crippen LogP contribution in [0, 0.1) is 0 Å². The van der Waals surface area contributed by atoms with E-state index in [4.69, 9.17) is 10.5 Å². The Bertz CT molecular complexity index is 320. The van der Waals surface area contributed by atoms with Crippen LogP contribution < -0.4 is 10.5 Å². The van der Waals surface area contributed by atoms with Gasteiger partial charge in [-0.05, 0) is 31.5 Å². The van der Waals surface area contributed by atoms with E-state index < -0.39 is 0 Å². The molecule has 0 aromatic heterocycles. The number of nitrogens with two attached hydrogens (primary N) is 1. The Kier molecular flexibility index (Phi) is 7.81. The molecule has 1 aromatic carbocycles. The molecule has 0 aliphatic rings. The third-order valence-corrected chi connectivity index (χ3v) is 2.76. The average Bonchev–Trinajstić information content (AvgIpc) is 2.21. The van der Waals surface area contributed by atoms with Crippen molar-refractivity contribution in [2.24, 2.45) is 5.73 Å². The fourth-order valence-corrected chi connectivity index (χ4v) is 1.94. The van der Waals surface area contributed by atoms with Crippen LogP contribution in [-0.4, -0.2) is 6.61 Å². The van der Waals surface area contributed by atoms with Crippen LogP contribution in [0.3, 0.4) is 0 Å². The van der Waals surface area contributed by atoms with Crippen LogP contribution in [0.4, 0.5) is 0 Å². The highest BCUT2D eigenvalue weighted by atomic mass is 79.9. The second-order valence-electron chi connectivity index (χ2n) is 3.51. The Morgan fingerprint density at radius 2 is 2.06 bits per heavy atom. The normalized spacial score (nSPS) is 11.8. The number of rotatable bonds is 5. The highest BCUT2D eigenvalue weighted by Crippen LogP contribution is 2.29. The summed E-state index contributed by atoms with van der Waals surface area (Å²) in [5.74, 6) is 0.904. The monoisotopic (exact) mass is 307 g/mol. The quantitative estimate of drug-likeness (QED) is 0.890. The van der Waals surface area contributed by atoms with Gasteiger partial charge in [0.05, 0.1) is 6.61 Å². The van der Waals surface area contributed by atoms with Crippen LogP contribution in [-0.2, 0) is 0 Å². The number of hydrogen-bond acceptors (Lipinski definition) is 2. The molecule has 0 unspecified atom stereocenters. The zero-order valence-electron chi connectivity index (χ0n) is 9.70. The molecule has 1 atom stereocenters. The maximum Gasteiger partial charge on any atom is 0.124 e. The number of hydrogen-bond donors (Lipinski definition) is 1. The van der Waals surface area contributed by atoms with E-state index in [1.54, 1.807) is 0 Å². The minimum absolute atomic E-state index is 0. The van der Waals surface area contributed by atoms with Crippen molar-refractivity contribution in [1.82, 2.24) is 0 Å². The molecule has 2 nitrogen and oxygen atoms in total. The van der Waals surface area contributed by atoms with Crippen LogP contribution >= 0.6 is 28.3 Å². The van der Waals surface area contributed by atoms with E-state index in [2.05, 4.69) is 22.9 Å². The lowest BCUT2D eigenvalue weighted by Gasteiger charge is -2.16. The fraction of sp³-hybridized carbons (Fsp3) is 0.500. The van der Waals surface area contributed by atoms with Gasteiger partial charge in [0.15, 0.2) is 0 Å². The summed E-state index contributed by atoms with van der Waals surface area (Å²) in [6.07, 6.45) is 2.07. The van der Waals surface area contributed by atoms with E-state index in [0.717, 1.165) is 28.6 Å². The number of benzene rings is 1.